The van der Waals surface area contributed by atoms with E-state index in [1.807, 2.05) is 0 Å². The van der Waals surface area contributed by atoms with Gasteiger partial charge in [-0.15, -0.1) is 0 Å². The van der Waals surface area contributed by atoms with Gasteiger partial charge in [0.1, 0.15) is 0 Å². The maximum atomic E-state index is 11.7. The molecule has 162 valence electrons. The third-order valence-electron chi connectivity index (χ3n) is 7.34. The van der Waals surface area contributed by atoms with E-state index in [2.05, 4.69) is 49.1 Å². The summed E-state index contributed by atoms with van der Waals surface area (Å²) in [7, 11) is 0. The fraction of sp³-hybridized carbons (Fsp3) is 0.731. The molecule has 2 aliphatic rings. The smallest absolute Gasteiger partial charge is 0.306 e. The van der Waals surface area contributed by atoms with Gasteiger partial charge in [0.25, 0.3) is 0 Å². The van der Waals surface area contributed by atoms with Crippen LogP contribution in [0.5, 0.6) is 0 Å². The van der Waals surface area contributed by atoms with Gasteiger partial charge >= 0.3 is 5.97 Å². The molecular weight excluding hydrogens is 358 g/mol. The fourth-order valence-corrected chi connectivity index (χ4v) is 5.71. The van der Waals surface area contributed by atoms with E-state index in [9.17, 15) is 9.90 Å². The minimum absolute atomic E-state index is 0.129. The van der Waals surface area contributed by atoms with Crippen molar-refractivity contribution >= 4 is 5.97 Å². The minimum Gasteiger partial charge on any atom is -0.481 e. The monoisotopic (exact) mass is 399 g/mol. The molecule has 0 spiro atoms. The Morgan fingerprint density at radius 2 is 1.79 bits per heavy atom. The lowest BCUT2D eigenvalue weighted by molar-refractivity contribution is -0.144. The molecule has 1 aromatic carbocycles. The first-order valence-corrected chi connectivity index (χ1v) is 12.0. The second kappa shape index (κ2) is 11.2. The van der Waals surface area contributed by atoms with Crippen molar-refractivity contribution in [3.05, 3.63) is 35.9 Å². The molecule has 1 saturated heterocycles. The Bertz CT molecular complexity index is 606. The quantitative estimate of drug-likeness (QED) is 0.534. The third kappa shape index (κ3) is 7.13. The van der Waals surface area contributed by atoms with Crippen molar-refractivity contribution in [2.24, 2.45) is 29.6 Å². The average molecular weight is 400 g/mol. The highest BCUT2D eigenvalue weighted by Crippen LogP contribution is 2.39. The van der Waals surface area contributed by atoms with Crippen LogP contribution in [0.3, 0.4) is 0 Å². The summed E-state index contributed by atoms with van der Waals surface area (Å²) in [6.07, 6.45) is 10.9. The molecule has 3 nitrogen and oxygen atoms in total. The Hall–Kier alpha value is -1.35. The van der Waals surface area contributed by atoms with Gasteiger partial charge in [-0.3, -0.25) is 4.79 Å². The number of piperidine rings is 1. The fourth-order valence-electron chi connectivity index (χ4n) is 5.71. The summed E-state index contributed by atoms with van der Waals surface area (Å²) in [6, 6.07) is 10.9. The molecule has 0 radical (unpaired) electrons. The number of rotatable bonds is 10. The van der Waals surface area contributed by atoms with Gasteiger partial charge in [0.05, 0.1) is 5.92 Å². The normalized spacial score (nSPS) is 24.8. The zero-order valence-electron chi connectivity index (χ0n) is 18.6. The number of hydrogen-bond donors (Lipinski definition) is 1. The number of aryl methyl sites for hydroxylation is 1. The van der Waals surface area contributed by atoms with Crippen molar-refractivity contribution in [2.75, 3.05) is 19.6 Å². The van der Waals surface area contributed by atoms with Gasteiger partial charge in [0.2, 0.25) is 0 Å². The second-order valence-electron chi connectivity index (χ2n) is 10.1. The highest BCUT2D eigenvalue weighted by Gasteiger charge is 2.36. The summed E-state index contributed by atoms with van der Waals surface area (Å²) < 4.78 is 0. The summed E-state index contributed by atoms with van der Waals surface area (Å²) in [5, 5.41) is 9.65. The van der Waals surface area contributed by atoms with Crippen molar-refractivity contribution in [3.8, 4) is 0 Å². The molecule has 1 aliphatic carbocycles. The Morgan fingerprint density at radius 3 is 2.45 bits per heavy atom. The van der Waals surface area contributed by atoms with Crippen molar-refractivity contribution in [3.63, 3.8) is 0 Å². The Kier molecular flexibility index (Phi) is 8.59. The van der Waals surface area contributed by atoms with Gasteiger partial charge in [-0.1, -0.05) is 50.6 Å². The molecule has 3 heteroatoms. The van der Waals surface area contributed by atoms with E-state index in [4.69, 9.17) is 0 Å². The first kappa shape index (κ1) is 22.3. The molecule has 0 amide bonds. The SMILES string of the molecule is CC(C)CC(C(=O)O)C1CCC(CN2CCC(CCCc3ccccc3)CC2)C1. The largest absolute Gasteiger partial charge is 0.481 e. The van der Waals surface area contributed by atoms with Crippen LogP contribution in [0.1, 0.15) is 70.8 Å². The van der Waals surface area contributed by atoms with E-state index in [1.54, 1.807) is 0 Å². The van der Waals surface area contributed by atoms with Crippen LogP contribution in [-0.2, 0) is 11.2 Å². The van der Waals surface area contributed by atoms with Crippen molar-refractivity contribution < 1.29 is 9.90 Å². The summed E-state index contributed by atoms with van der Waals surface area (Å²) in [5.74, 6) is 1.78. The first-order valence-electron chi connectivity index (χ1n) is 12.0. The van der Waals surface area contributed by atoms with Crippen LogP contribution in [0, 0.1) is 29.6 Å². The second-order valence-corrected chi connectivity index (χ2v) is 10.1. The van der Waals surface area contributed by atoms with Crippen molar-refractivity contribution in [2.45, 2.75) is 71.6 Å². The standard InChI is InChI=1S/C26H41NO2/c1-20(2)17-25(26(28)29)24-12-11-23(18-24)19-27-15-13-22(14-16-27)10-6-9-21-7-4-3-5-8-21/h3-5,7-8,20,22-25H,6,9-19H2,1-2H3,(H,28,29). The highest BCUT2D eigenvalue weighted by atomic mass is 16.4. The summed E-state index contributed by atoms with van der Waals surface area (Å²) in [6.45, 7) is 7.97. The molecule has 0 bridgehead atoms. The molecule has 1 aliphatic heterocycles. The van der Waals surface area contributed by atoms with Crippen LogP contribution in [0.15, 0.2) is 30.3 Å². The summed E-state index contributed by atoms with van der Waals surface area (Å²) in [4.78, 5) is 14.4. The van der Waals surface area contributed by atoms with E-state index in [0.29, 0.717) is 17.8 Å². The number of carboxylic acids is 1. The lowest BCUT2D eigenvalue weighted by Gasteiger charge is -2.33. The number of aliphatic carboxylic acids is 1. The summed E-state index contributed by atoms with van der Waals surface area (Å²) >= 11 is 0. The van der Waals surface area contributed by atoms with E-state index < -0.39 is 5.97 Å². The van der Waals surface area contributed by atoms with E-state index in [1.165, 1.54) is 63.7 Å². The average Bonchev–Trinajstić information content (AvgIpc) is 3.16. The van der Waals surface area contributed by atoms with Gasteiger partial charge in [-0.25, -0.2) is 0 Å². The third-order valence-corrected chi connectivity index (χ3v) is 7.34. The van der Waals surface area contributed by atoms with Gasteiger partial charge in [-0.05, 0) is 93.7 Å². The zero-order valence-corrected chi connectivity index (χ0v) is 18.6. The lowest BCUT2D eigenvalue weighted by atomic mass is 9.84. The number of hydrogen-bond acceptors (Lipinski definition) is 2. The Balaban J connectivity index is 1.34. The lowest BCUT2D eigenvalue weighted by Crippen LogP contribution is -2.37. The molecule has 1 N–H and O–H groups in total. The molecule has 3 atom stereocenters. The van der Waals surface area contributed by atoms with Crippen LogP contribution in [0.25, 0.3) is 0 Å². The predicted octanol–water partition coefficient (Wildman–Crippen LogP) is 5.88. The molecule has 29 heavy (non-hydrogen) atoms. The molecule has 3 rings (SSSR count). The number of likely N-dealkylation sites (tertiary alicyclic amines) is 1. The van der Waals surface area contributed by atoms with E-state index in [-0.39, 0.29) is 5.92 Å². The van der Waals surface area contributed by atoms with E-state index in [0.717, 1.165) is 25.2 Å². The number of carboxylic acid groups (broad SMARTS) is 1. The molecule has 0 aromatic heterocycles. The molecule has 1 heterocycles. The molecule has 1 saturated carbocycles. The van der Waals surface area contributed by atoms with Crippen LogP contribution in [0.2, 0.25) is 0 Å². The van der Waals surface area contributed by atoms with Crippen LogP contribution < -0.4 is 0 Å². The minimum atomic E-state index is -0.569. The van der Waals surface area contributed by atoms with Crippen molar-refractivity contribution in [1.29, 1.82) is 0 Å². The van der Waals surface area contributed by atoms with Crippen LogP contribution in [-0.4, -0.2) is 35.6 Å². The van der Waals surface area contributed by atoms with Gasteiger partial charge in [-0.2, -0.15) is 0 Å². The Morgan fingerprint density at radius 1 is 1.07 bits per heavy atom. The van der Waals surface area contributed by atoms with Crippen LogP contribution in [0.4, 0.5) is 0 Å². The van der Waals surface area contributed by atoms with E-state index >= 15 is 0 Å². The molecule has 2 fully saturated rings. The maximum absolute atomic E-state index is 11.7. The van der Waals surface area contributed by atoms with Gasteiger partial charge in [0, 0.05) is 6.54 Å². The molecule has 3 unspecified atom stereocenters. The molecular formula is C26H41NO2. The maximum Gasteiger partial charge on any atom is 0.306 e. The topological polar surface area (TPSA) is 40.5 Å². The number of benzene rings is 1. The van der Waals surface area contributed by atoms with Gasteiger partial charge in [0.15, 0.2) is 0 Å². The number of nitrogens with zero attached hydrogens (tertiary/aromatic N) is 1. The zero-order chi connectivity index (χ0) is 20.6. The summed E-state index contributed by atoms with van der Waals surface area (Å²) in [5.41, 5.74) is 1.47. The molecule has 1 aromatic rings. The first-order chi connectivity index (χ1) is 14.0. The predicted molar refractivity (Wildman–Crippen MR) is 120 cm³/mol. The number of carbonyl (C=O) groups is 1. The van der Waals surface area contributed by atoms with Crippen molar-refractivity contribution in [1.82, 2.24) is 4.90 Å². The van der Waals surface area contributed by atoms with Gasteiger partial charge < -0.3 is 10.0 Å². The van der Waals surface area contributed by atoms with Crippen LogP contribution >= 0.6 is 0 Å². The highest BCUT2D eigenvalue weighted by molar-refractivity contribution is 5.70. The Labute approximate surface area is 177 Å².